The molecule has 2 aliphatic rings. The molecule has 0 bridgehead atoms. The van der Waals surface area contributed by atoms with Crippen LogP contribution in [0.3, 0.4) is 0 Å². The zero-order valence-electron chi connectivity index (χ0n) is 19.0. The summed E-state index contributed by atoms with van der Waals surface area (Å²) in [6.07, 6.45) is 7.28. The van der Waals surface area contributed by atoms with Crippen LogP contribution in [0, 0.1) is 5.92 Å². The Hall–Kier alpha value is -2.59. The van der Waals surface area contributed by atoms with E-state index in [2.05, 4.69) is 20.2 Å². The molecule has 1 N–H and O–H groups in total. The summed E-state index contributed by atoms with van der Waals surface area (Å²) < 4.78 is 31.7. The van der Waals surface area contributed by atoms with E-state index in [0.717, 1.165) is 74.4 Å². The summed E-state index contributed by atoms with van der Waals surface area (Å²) in [6.45, 7) is 2.14. The first-order valence-corrected chi connectivity index (χ1v) is 12.7. The lowest BCUT2D eigenvalue weighted by atomic mass is 9.84. The molecular weight excluding hydrogens is 460 g/mol. The average molecular weight is 490 g/mol. The molecule has 0 atom stereocenters. The van der Waals surface area contributed by atoms with Crippen molar-refractivity contribution in [3.63, 3.8) is 0 Å². The Morgan fingerprint density at radius 3 is 2.94 bits per heavy atom. The molecule has 1 saturated carbocycles. The number of thiazole rings is 1. The van der Waals surface area contributed by atoms with Crippen molar-refractivity contribution in [2.75, 3.05) is 19.7 Å². The molecule has 0 unspecified atom stereocenters. The van der Waals surface area contributed by atoms with E-state index >= 15 is 0 Å². The first kappa shape index (κ1) is 23.2. The third kappa shape index (κ3) is 5.38. The van der Waals surface area contributed by atoms with Crippen molar-refractivity contribution < 1.29 is 18.3 Å². The fourth-order valence-corrected chi connectivity index (χ4v) is 5.88. The maximum atomic E-state index is 12.8. The van der Waals surface area contributed by atoms with Crippen LogP contribution in [0.5, 0.6) is 5.19 Å². The zero-order chi connectivity index (χ0) is 23.5. The van der Waals surface area contributed by atoms with Gasteiger partial charge in [0.15, 0.2) is 6.61 Å². The van der Waals surface area contributed by atoms with Crippen LogP contribution in [0.1, 0.15) is 53.2 Å². The molecule has 4 heterocycles. The number of alkyl halides is 2. The second-order valence-corrected chi connectivity index (χ2v) is 10.2. The van der Waals surface area contributed by atoms with Gasteiger partial charge in [-0.1, -0.05) is 17.4 Å². The van der Waals surface area contributed by atoms with Gasteiger partial charge in [-0.3, -0.25) is 14.1 Å². The standard InChI is InChI=1S/C24H29F2N5O2S/c25-21(26)15-33-24-29-18-14-30(12-9-20(18)34-24)11-8-16-4-6-17(7-5-16)28-23(32)19-2-1-3-22-27-10-13-31(19)22/h1-3,10,13,16-17,21H,4-9,11-12,14-15H2,(H,28,32). The predicted molar refractivity (Wildman–Crippen MR) is 126 cm³/mol. The van der Waals surface area contributed by atoms with Gasteiger partial charge in [0.1, 0.15) is 11.3 Å². The van der Waals surface area contributed by atoms with Crippen molar-refractivity contribution >= 4 is 22.9 Å². The number of carbonyl (C=O) groups is 1. The molecule has 34 heavy (non-hydrogen) atoms. The van der Waals surface area contributed by atoms with Crippen LogP contribution in [0.2, 0.25) is 0 Å². The number of hydrogen-bond donors (Lipinski definition) is 1. The summed E-state index contributed by atoms with van der Waals surface area (Å²) in [6, 6.07) is 5.79. The van der Waals surface area contributed by atoms with Gasteiger partial charge in [0, 0.05) is 36.4 Å². The maximum Gasteiger partial charge on any atom is 0.273 e. The summed E-state index contributed by atoms with van der Waals surface area (Å²) >= 11 is 1.40. The molecule has 0 aromatic carbocycles. The van der Waals surface area contributed by atoms with E-state index in [1.807, 2.05) is 28.8 Å². The zero-order valence-corrected chi connectivity index (χ0v) is 19.8. The Morgan fingerprint density at radius 1 is 1.26 bits per heavy atom. The highest BCUT2D eigenvalue weighted by Crippen LogP contribution is 2.31. The van der Waals surface area contributed by atoms with E-state index in [0.29, 0.717) is 16.8 Å². The van der Waals surface area contributed by atoms with E-state index < -0.39 is 13.0 Å². The monoisotopic (exact) mass is 489 g/mol. The lowest BCUT2D eigenvalue weighted by Crippen LogP contribution is -2.39. The van der Waals surface area contributed by atoms with E-state index in [9.17, 15) is 13.6 Å². The second kappa shape index (κ2) is 10.4. The number of aromatic nitrogens is 3. The van der Waals surface area contributed by atoms with Crippen LogP contribution < -0.4 is 10.1 Å². The smallest absolute Gasteiger partial charge is 0.273 e. The normalized spacial score (nSPS) is 21.0. The number of nitrogens with zero attached hydrogens (tertiary/aromatic N) is 4. The number of halogens is 2. The quantitative estimate of drug-likeness (QED) is 0.514. The van der Waals surface area contributed by atoms with Crippen LogP contribution in [0.25, 0.3) is 5.65 Å². The third-order valence-electron chi connectivity index (χ3n) is 6.82. The lowest BCUT2D eigenvalue weighted by Gasteiger charge is -2.32. The van der Waals surface area contributed by atoms with E-state index in [1.165, 1.54) is 11.3 Å². The van der Waals surface area contributed by atoms with Gasteiger partial charge >= 0.3 is 0 Å². The maximum absolute atomic E-state index is 12.8. The molecular formula is C24H29F2N5O2S. The topological polar surface area (TPSA) is 71.8 Å². The number of imidazole rings is 1. The summed E-state index contributed by atoms with van der Waals surface area (Å²) in [7, 11) is 0. The highest BCUT2D eigenvalue weighted by Gasteiger charge is 2.26. The summed E-state index contributed by atoms with van der Waals surface area (Å²) in [5.41, 5.74) is 2.36. The van der Waals surface area contributed by atoms with Crippen molar-refractivity contribution in [1.82, 2.24) is 24.6 Å². The van der Waals surface area contributed by atoms with Gasteiger partial charge in [0.25, 0.3) is 17.5 Å². The van der Waals surface area contributed by atoms with Crippen LogP contribution in [-0.2, 0) is 13.0 Å². The van der Waals surface area contributed by atoms with E-state index in [-0.39, 0.29) is 11.9 Å². The first-order valence-electron chi connectivity index (χ1n) is 11.9. The highest BCUT2D eigenvalue weighted by molar-refractivity contribution is 7.13. The Morgan fingerprint density at radius 2 is 2.12 bits per heavy atom. The van der Waals surface area contributed by atoms with Crippen molar-refractivity contribution in [1.29, 1.82) is 0 Å². The van der Waals surface area contributed by atoms with Gasteiger partial charge in [-0.05, 0) is 63.1 Å². The summed E-state index contributed by atoms with van der Waals surface area (Å²) in [5, 5.41) is 3.57. The second-order valence-electron chi connectivity index (χ2n) is 9.12. The molecule has 0 spiro atoms. The van der Waals surface area contributed by atoms with Gasteiger partial charge in [0.05, 0.1) is 5.69 Å². The predicted octanol–water partition coefficient (Wildman–Crippen LogP) is 4.17. The summed E-state index contributed by atoms with van der Waals surface area (Å²) in [5.74, 6) is 0.614. The number of pyridine rings is 1. The number of ether oxygens (including phenoxy) is 1. The number of carbonyl (C=O) groups excluding carboxylic acids is 1. The van der Waals surface area contributed by atoms with Gasteiger partial charge in [-0.25, -0.2) is 18.7 Å². The fraction of sp³-hybridized carbons (Fsp3) is 0.542. The number of amides is 1. The molecule has 0 saturated heterocycles. The molecule has 10 heteroatoms. The Balaban J connectivity index is 1.05. The fourth-order valence-electron chi connectivity index (χ4n) is 4.97. The molecule has 182 valence electrons. The van der Waals surface area contributed by atoms with Crippen LogP contribution >= 0.6 is 11.3 Å². The lowest BCUT2D eigenvalue weighted by molar-refractivity contribution is 0.0815. The van der Waals surface area contributed by atoms with Crippen LogP contribution in [-0.4, -0.2) is 57.3 Å². The molecule has 7 nitrogen and oxygen atoms in total. The number of nitrogens with one attached hydrogen (secondary N) is 1. The number of hydrogen-bond acceptors (Lipinski definition) is 6. The summed E-state index contributed by atoms with van der Waals surface area (Å²) in [4.78, 5) is 25.0. The molecule has 0 radical (unpaired) electrons. The Labute approximate surface area is 201 Å². The van der Waals surface area contributed by atoms with Gasteiger partial charge < -0.3 is 10.1 Å². The van der Waals surface area contributed by atoms with Crippen molar-refractivity contribution in [3.8, 4) is 5.19 Å². The molecule has 1 aliphatic carbocycles. The first-order chi connectivity index (χ1) is 16.5. The minimum Gasteiger partial charge on any atom is -0.464 e. The average Bonchev–Trinajstić information content (AvgIpc) is 3.48. The minimum absolute atomic E-state index is 0.0451. The van der Waals surface area contributed by atoms with Crippen molar-refractivity contribution in [2.24, 2.45) is 5.92 Å². The Bertz CT molecular complexity index is 1130. The number of rotatable bonds is 8. The molecule has 1 fully saturated rings. The van der Waals surface area contributed by atoms with Gasteiger partial charge in [-0.15, -0.1) is 0 Å². The van der Waals surface area contributed by atoms with Crippen LogP contribution in [0.15, 0.2) is 30.6 Å². The van der Waals surface area contributed by atoms with Gasteiger partial charge in [-0.2, -0.15) is 0 Å². The molecule has 3 aromatic heterocycles. The largest absolute Gasteiger partial charge is 0.464 e. The molecule has 1 amide bonds. The Kier molecular flexibility index (Phi) is 7.05. The van der Waals surface area contributed by atoms with Crippen LogP contribution in [0.4, 0.5) is 8.78 Å². The molecule has 3 aromatic rings. The van der Waals surface area contributed by atoms with Crippen molar-refractivity contribution in [3.05, 3.63) is 46.9 Å². The third-order valence-corrected chi connectivity index (χ3v) is 7.89. The minimum atomic E-state index is -2.48. The highest BCUT2D eigenvalue weighted by atomic mass is 32.1. The SMILES string of the molecule is O=C(NC1CCC(CCN2CCc3sc(OCC(F)F)nc3C2)CC1)c1cccc2nccn12. The molecule has 5 rings (SSSR count). The molecule has 1 aliphatic heterocycles. The van der Waals surface area contributed by atoms with Crippen molar-refractivity contribution in [2.45, 2.75) is 57.5 Å². The van der Waals surface area contributed by atoms with E-state index in [4.69, 9.17) is 4.74 Å². The van der Waals surface area contributed by atoms with Gasteiger partial charge in [0.2, 0.25) is 0 Å². The van der Waals surface area contributed by atoms with E-state index in [1.54, 1.807) is 6.20 Å². The number of fused-ring (bicyclic) bond motifs is 2.